The summed E-state index contributed by atoms with van der Waals surface area (Å²) in [6, 6.07) is 6.03. The van der Waals surface area contributed by atoms with Gasteiger partial charge in [0, 0.05) is 42.9 Å². The van der Waals surface area contributed by atoms with Gasteiger partial charge < -0.3 is 25.5 Å². The van der Waals surface area contributed by atoms with Crippen LogP contribution in [0.15, 0.2) is 54.4 Å². The molecule has 2 aliphatic rings. The highest BCUT2D eigenvalue weighted by molar-refractivity contribution is 5.89. The van der Waals surface area contributed by atoms with Crippen molar-refractivity contribution in [3.8, 4) is 0 Å². The van der Waals surface area contributed by atoms with Gasteiger partial charge in [-0.1, -0.05) is 18.2 Å². The van der Waals surface area contributed by atoms with Gasteiger partial charge in [-0.05, 0) is 43.2 Å². The monoisotopic (exact) mass is 422 g/mol. The minimum atomic E-state index is -4.46. The predicted octanol–water partition coefficient (Wildman–Crippen LogP) is 3.51. The molecule has 0 spiro atoms. The molecule has 2 amide bonds. The van der Waals surface area contributed by atoms with Crippen molar-refractivity contribution in [1.82, 2.24) is 15.1 Å². The summed E-state index contributed by atoms with van der Waals surface area (Å²) >= 11 is 0. The van der Waals surface area contributed by atoms with Gasteiger partial charge in [0.1, 0.15) is 6.54 Å². The number of carbonyl (C=O) groups is 1. The van der Waals surface area contributed by atoms with E-state index in [1.165, 1.54) is 0 Å². The zero-order chi connectivity index (χ0) is 21.7. The molecule has 2 aliphatic heterocycles. The van der Waals surface area contributed by atoms with Crippen LogP contribution in [0.4, 0.5) is 23.7 Å². The minimum Gasteiger partial charge on any atom is -0.391 e. The number of halogens is 3. The van der Waals surface area contributed by atoms with E-state index in [4.69, 9.17) is 0 Å². The van der Waals surface area contributed by atoms with Gasteiger partial charge >= 0.3 is 12.2 Å². The van der Waals surface area contributed by atoms with Crippen molar-refractivity contribution in [3.05, 3.63) is 60.0 Å². The number of likely N-dealkylation sites (tertiary alicyclic amines) is 1. The van der Waals surface area contributed by atoms with Crippen molar-refractivity contribution < 1.29 is 23.1 Å². The van der Waals surface area contributed by atoms with Crippen molar-refractivity contribution in [2.45, 2.75) is 25.6 Å². The first kappa shape index (κ1) is 21.8. The van der Waals surface area contributed by atoms with E-state index < -0.39 is 18.8 Å². The number of nitrogens with one attached hydrogen (secondary N) is 2. The number of amides is 2. The molecule has 162 valence electrons. The van der Waals surface area contributed by atoms with Crippen LogP contribution in [0, 0.1) is 0 Å². The molecule has 0 radical (unpaired) electrons. The Morgan fingerprint density at radius 1 is 1.37 bits per heavy atom. The molecule has 0 saturated carbocycles. The van der Waals surface area contributed by atoms with E-state index in [-0.39, 0.29) is 6.10 Å². The third kappa shape index (κ3) is 5.79. The highest BCUT2D eigenvalue weighted by atomic mass is 19.4. The smallest absolute Gasteiger partial charge is 0.391 e. The third-order valence-electron chi connectivity index (χ3n) is 4.90. The summed E-state index contributed by atoms with van der Waals surface area (Å²) in [4.78, 5) is 15.9. The Labute approximate surface area is 173 Å². The lowest BCUT2D eigenvalue weighted by Gasteiger charge is -2.29. The van der Waals surface area contributed by atoms with Crippen LogP contribution in [0.25, 0.3) is 5.70 Å². The van der Waals surface area contributed by atoms with Gasteiger partial charge in [-0.25, -0.2) is 4.79 Å². The second kappa shape index (κ2) is 9.25. The Balaban J connectivity index is 1.64. The molecule has 3 N–H and O–H groups in total. The van der Waals surface area contributed by atoms with E-state index in [9.17, 15) is 23.1 Å². The van der Waals surface area contributed by atoms with Gasteiger partial charge in [-0.15, -0.1) is 0 Å². The molecule has 1 aromatic rings. The fraction of sp³-hybridized carbons (Fsp3) is 0.381. The zero-order valence-electron chi connectivity index (χ0n) is 16.6. The number of benzene rings is 1. The molecule has 1 atom stereocenters. The average molecular weight is 422 g/mol. The summed E-state index contributed by atoms with van der Waals surface area (Å²) in [5, 5.41) is 13.9. The lowest BCUT2D eigenvalue weighted by Crippen LogP contribution is -2.36. The standard InChI is InChI=1S/C21H25F3N4O2/c1-2-19(27-9-6-17(7-10-27)28-11-8-18(29)13-28)15-4-3-5-16(12-15)26-20(30)25-14-21(22,23)24/h2-7,9,12,18,29H,8,10-11,13-14H2,1H3,(H2,25,26,30)/b19-2-. The maximum Gasteiger partial charge on any atom is 0.405 e. The summed E-state index contributed by atoms with van der Waals surface area (Å²) in [6.45, 7) is 2.62. The Morgan fingerprint density at radius 2 is 2.17 bits per heavy atom. The van der Waals surface area contributed by atoms with E-state index in [0.29, 0.717) is 18.8 Å². The lowest BCUT2D eigenvalue weighted by molar-refractivity contribution is -0.122. The molecule has 1 saturated heterocycles. The van der Waals surface area contributed by atoms with Gasteiger partial charge in [0.25, 0.3) is 0 Å². The predicted molar refractivity (Wildman–Crippen MR) is 109 cm³/mol. The first-order valence-corrected chi connectivity index (χ1v) is 9.71. The second-order valence-corrected chi connectivity index (χ2v) is 7.16. The summed E-state index contributed by atoms with van der Waals surface area (Å²) in [5.74, 6) is 0. The first-order valence-electron chi connectivity index (χ1n) is 9.71. The number of rotatable bonds is 5. The van der Waals surface area contributed by atoms with Crippen LogP contribution >= 0.6 is 0 Å². The molecule has 1 unspecified atom stereocenters. The van der Waals surface area contributed by atoms with Crippen molar-refractivity contribution in [2.24, 2.45) is 0 Å². The molecular formula is C21H25F3N4O2. The van der Waals surface area contributed by atoms with Gasteiger partial charge in [-0.3, -0.25) is 0 Å². The number of anilines is 1. The molecule has 2 heterocycles. The molecule has 6 nitrogen and oxygen atoms in total. The Hall–Kier alpha value is -2.94. The molecule has 3 rings (SSSR count). The van der Waals surface area contributed by atoms with Crippen LogP contribution in [0.2, 0.25) is 0 Å². The number of aliphatic hydroxyl groups excluding tert-OH is 1. The summed E-state index contributed by atoms with van der Waals surface area (Å²) < 4.78 is 36.7. The van der Waals surface area contributed by atoms with E-state index in [0.717, 1.165) is 29.9 Å². The van der Waals surface area contributed by atoms with Crippen molar-refractivity contribution in [2.75, 3.05) is 31.5 Å². The van der Waals surface area contributed by atoms with Crippen LogP contribution in [-0.2, 0) is 0 Å². The summed E-state index contributed by atoms with van der Waals surface area (Å²) in [6.07, 6.45) is 4.01. The number of nitrogens with zero attached hydrogens (tertiary/aromatic N) is 2. The minimum absolute atomic E-state index is 0.285. The Morgan fingerprint density at radius 3 is 2.77 bits per heavy atom. The fourth-order valence-corrected chi connectivity index (χ4v) is 3.49. The fourth-order valence-electron chi connectivity index (χ4n) is 3.49. The highest BCUT2D eigenvalue weighted by Crippen LogP contribution is 2.26. The van der Waals surface area contributed by atoms with E-state index >= 15 is 0 Å². The molecule has 1 fully saturated rings. The van der Waals surface area contributed by atoms with Crippen molar-refractivity contribution >= 4 is 17.4 Å². The number of alkyl halides is 3. The Kier molecular flexibility index (Phi) is 6.71. The van der Waals surface area contributed by atoms with Crippen molar-refractivity contribution in [1.29, 1.82) is 0 Å². The maximum atomic E-state index is 12.2. The van der Waals surface area contributed by atoms with Crippen LogP contribution in [0.1, 0.15) is 18.9 Å². The number of hydrogen-bond donors (Lipinski definition) is 3. The van der Waals surface area contributed by atoms with Crippen molar-refractivity contribution in [3.63, 3.8) is 0 Å². The number of urea groups is 1. The number of hydrogen-bond acceptors (Lipinski definition) is 4. The van der Waals surface area contributed by atoms with Crippen LogP contribution in [0.3, 0.4) is 0 Å². The summed E-state index contributed by atoms with van der Waals surface area (Å²) in [5.41, 5.74) is 3.20. The van der Waals surface area contributed by atoms with Crippen LogP contribution in [0.5, 0.6) is 0 Å². The van der Waals surface area contributed by atoms with E-state index in [2.05, 4.69) is 16.3 Å². The zero-order valence-corrected chi connectivity index (χ0v) is 16.6. The number of carbonyl (C=O) groups excluding carboxylic acids is 1. The van der Waals surface area contributed by atoms with E-state index in [1.54, 1.807) is 23.5 Å². The molecule has 1 aromatic carbocycles. The van der Waals surface area contributed by atoms with Crippen LogP contribution in [-0.4, -0.2) is 59.4 Å². The topological polar surface area (TPSA) is 67.8 Å². The maximum absolute atomic E-state index is 12.2. The van der Waals surface area contributed by atoms with Gasteiger partial charge in [0.15, 0.2) is 0 Å². The van der Waals surface area contributed by atoms with E-state index in [1.807, 2.05) is 36.2 Å². The normalized spacial score (nSPS) is 19.7. The largest absolute Gasteiger partial charge is 0.405 e. The second-order valence-electron chi connectivity index (χ2n) is 7.16. The molecule has 0 bridgehead atoms. The molecular weight excluding hydrogens is 397 g/mol. The molecule has 30 heavy (non-hydrogen) atoms. The quantitative estimate of drug-likeness (QED) is 0.680. The third-order valence-corrected chi connectivity index (χ3v) is 4.90. The summed E-state index contributed by atoms with van der Waals surface area (Å²) in [7, 11) is 0. The lowest BCUT2D eigenvalue weighted by atomic mass is 10.1. The number of aliphatic hydroxyl groups is 1. The first-order chi connectivity index (χ1) is 14.2. The Bertz CT molecular complexity index is 864. The average Bonchev–Trinajstić information content (AvgIpc) is 3.14. The number of β-amino-alcohol motifs (C(OH)–C–C–N with tert-alkyl or cyclic N) is 1. The van der Waals surface area contributed by atoms with Gasteiger partial charge in [-0.2, -0.15) is 13.2 Å². The molecule has 0 aromatic heterocycles. The molecule has 9 heteroatoms. The molecule has 0 aliphatic carbocycles. The van der Waals surface area contributed by atoms with Gasteiger partial charge in [0.2, 0.25) is 0 Å². The number of allylic oxidation sites excluding steroid dienone is 2. The van der Waals surface area contributed by atoms with Crippen LogP contribution < -0.4 is 10.6 Å². The SMILES string of the molecule is C/C=C(/c1cccc(NC(=O)NCC(F)(F)F)c1)N1C=CC(N2CCC(O)C2)=CC1. The van der Waals surface area contributed by atoms with Gasteiger partial charge in [0.05, 0.1) is 6.10 Å². The highest BCUT2D eigenvalue weighted by Gasteiger charge is 2.27.